The first-order chi connectivity index (χ1) is 13.6. The Morgan fingerprint density at radius 2 is 1.86 bits per heavy atom. The minimum absolute atomic E-state index is 0.333. The summed E-state index contributed by atoms with van der Waals surface area (Å²) in [5.74, 6) is -0.333. The Bertz CT molecular complexity index is 1140. The van der Waals surface area contributed by atoms with Gasteiger partial charge in [0.05, 0.1) is 18.2 Å². The Labute approximate surface area is 172 Å². The quantitative estimate of drug-likeness (QED) is 0.365. The first-order valence-electron chi connectivity index (χ1n) is 8.82. The third-order valence-corrected chi connectivity index (χ3v) is 5.76. The predicted octanol–water partition coefficient (Wildman–Crippen LogP) is 6.28. The van der Waals surface area contributed by atoms with Crippen molar-refractivity contribution in [3.8, 4) is 0 Å². The van der Waals surface area contributed by atoms with E-state index in [1.54, 1.807) is 17.8 Å². The summed E-state index contributed by atoms with van der Waals surface area (Å²) in [6.07, 6.45) is 2.14. The Kier molecular flexibility index (Phi) is 5.42. The van der Waals surface area contributed by atoms with E-state index in [-0.39, 0.29) is 5.97 Å². The van der Waals surface area contributed by atoms with Crippen molar-refractivity contribution in [3.63, 3.8) is 0 Å². The van der Waals surface area contributed by atoms with Crippen molar-refractivity contribution in [2.45, 2.75) is 16.3 Å². The highest BCUT2D eigenvalue weighted by atomic mass is 35.5. The van der Waals surface area contributed by atoms with Crippen LogP contribution in [0.2, 0.25) is 5.02 Å². The van der Waals surface area contributed by atoms with Crippen LogP contribution >= 0.6 is 23.4 Å². The summed E-state index contributed by atoms with van der Waals surface area (Å²) in [5.41, 5.74) is 2.86. The molecule has 3 aromatic carbocycles. The number of hydrogen-bond acceptors (Lipinski definition) is 3. The molecule has 0 amide bonds. The van der Waals surface area contributed by atoms with Crippen LogP contribution in [0.25, 0.3) is 10.9 Å². The lowest BCUT2D eigenvalue weighted by Gasteiger charge is -2.05. The molecular formula is C23H18ClNO2S. The van der Waals surface area contributed by atoms with Gasteiger partial charge in [-0.25, -0.2) is 4.79 Å². The maximum absolute atomic E-state index is 11.8. The normalized spacial score (nSPS) is 10.9. The molecule has 4 aromatic rings. The molecule has 1 heterocycles. The average molecular weight is 408 g/mol. The fourth-order valence-electron chi connectivity index (χ4n) is 3.16. The van der Waals surface area contributed by atoms with E-state index in [4.69, 9.17) is 16.3 Å². The van der Waals surface area contributed by atoms with E-state index in [0.717, 1.165) is 27.2 Å². The number of carbonyl (C=O) groups excluding carboxylic acids is 1. The number of carbonyl (C=O) groups is 1. The molecule has 5 heteroatoms. The molecule has 0 aliphatic carbocycles. The zero-order chi connectivity index (χ0) is 19.5. The third-order valence-electron chi connectivity index (χ3n) is 4.49. The number of benzene rings is 3. The zero-order valence-corrected chi connectivity index (χ0v) is 16.8. The average Bonchev–Trinajstić information content (AvgIpc) is 3.04. The maximum atomic E-state index is 11.8. The van der Waals surface area contributed by atoms with Crippen LogP contribution in [0.1, 0.15) is 15.9 Å². The number of rotatable bonds is 5. The highest BCUT2D eigenvalue weighted by molar-refractivity contribution is 7.99. The number of methoxy groups -OCH3 is 1. The summed E-state index contributed by atoms with van der Waals surface area (Å²) < 4.78 is 7.04. The monoisotopic (exact) mass is 407 g/mol. The van der Waals surface area contributed by atoms with Gasteiger partial charge in [0.2, 0.25) is 0 Å². The van der Waals surface area contributed by atoms with E-state index >= 15 is 0 Å². The van der Waals surface area contributed by atoms with Crippen LogP contribution in [0.3, 0.4) is 0 Å². The van der Waals surface area contributed by atoms with Gasteiger partial charge < -0.3 is 9.30 Å². The van der Waals surface area contributed by atoms with Gasteiger partial charge in [0.15, 0.2) is 0 Å². The van der Waals surface area contributed by atoms with Gasteiger partial charge in [0, 0.05) is 32.9 Å². The minimum Gasteiger partial charge on any atom is -0.465 e. The smallest absolute Gasteiger partial charge is 0.337 e. The van der Waals surface area contributed by atoms with Crippen LogP contribution < -0.4 is 0 Å². The lowest BCUT2D eigenvalue weighted by Crippen LogP contribution is -2.00. The number of aromatic nitrogens is 1. The van der Waals surface area contributed by atoms with E-state index in [9.17, 15) is 4.79 Å². The van der Waals surface area contributed by atoms with E-state index in [2.05, 4.69) is 22.9 Å². The molecule has 0 atom stereocenters. The zero-order valence-electron chi connectivity index (χ0n) is 15.3. The maximum Gasteiger partial charge on any atom is 0.337 e. The van der Waals surface area contributed by atoms with Crippen molar-refractivity contribution < 1.29 is 9.53 Å². The number of fused-ring (bicyclic) bond motifs is 1. The molecule has 4 rings (SSSR count). The molecule has 0 unspecified atom stereocenters. The van der Waals surface area contributed by atoms with Crippen molar-refractivity contribution >= 4 is 40.2 Å². The first kappa shape index (κ1) is 18.7. The van der Waals surface area contributed by atoms with E-state index < -0.39 is 0 Å². The van der Waals surface area contributed by atoms with Gasteiger partial charge >= 0.3 is 5.97 Å². The van der Waals surface area contributed by atoms with Crippen molar-refractivity contribution in [2.24, 2.45) is 0 Å². The summed E-state index contributed by atoms with van der Waals surface area (Å²) >= 11 is 7.89. The topological polar surface area (TPSA) is 31.2 Å². The van der Waals surface area contributed by atoms with Crippen LogP contribution in [0, 0.1) is 0 Å². The SMILES string of the molecule is COC(=O)c1cccc(Sc2cn(Cc3ccccc3)c3cc(Cl)ccc23)c1. The minimum atomic E-state index is -0.333. The van der Waals surface area contributed by atoms with Crippen LogP contribution in [-0.2, 0) is 11.3 Å². The van der Waals surface area contributed by atoms with E-state index in [1.165, 1.54) is 12.7 Å². The molecule has 3 nitrogen and oxygen atoms in total. The van der Waals surface area contributed by atoms with Gasteiger partial charge in [0.1, 0.15) is 0 Å². The van der Waals surface area contributed by atoms with Crippen LogP contribution in [-0.4, -0.2) is 17.6 Å². The van der Waals surface area contributed by atoms with Crippen LogP contribution in [0.4, 0.5) is 0 Å². The molecule has 0 fully saturated rings. The molecule has 0 bridgehead atoms. The van der Waals surface area contributed by atoms with Crippen molar-refractivity contribution in [3.05, 3.63) is 95.1 Å². The molecule has 1 aromatic heterocycles. The largest absolute Gasteiger partial charge is 0.465 e. The second kappa shape index (κ2) is 8.13. The Balaban J connectivity index is 1.72. The summed E-state index contributed by atoms with van der Waals surface area (Å²) in [5, 5.41) is 1.85. The number of hydrogen-bond donors (Lipinski definition) is 0. The van der Waals surface area contributed by atoms with Crippen molar-refractivity contribution in [1.82, 2.24) is 4.57 Å². The lowest BCUT2D eigenvalue weighted by atomic mass is 10.2. The third kappa shape index (κ3) is 3.93. The number of halogens is 1. The molecule has 140 valence electrons. The fraction of sp³-hybridized carbons (Fsp3) is 0.0870. The van der Waals surface area contributed by atoms with Gasteiger partial charge in [0.25, 0.3) is 0 Å². The molecule has 0 spiro atoms. The van der Waals surface area contributed by atoms with Crippen LogP contribution in [0.5, 0.6) is 0 Å². The number of esters is 1. The summed E-state index contributed by atoms with van der Waals surface area (Å²) in [7, 11) is 1.39. The molecule has 0 saturated carbocycles. The second-order valence-corrected chi connectivity index (χ2v) is 7.94. The van der Waals surface area contributed by atoms with Crippen LogP contribution in [0.15, 0.2) is 88.8 Å². The fourth-order valence-corrected chi connectivity index (χ4v) is 4.37. The van der Waals surface area contributed by atoms with Gasteiger partial charge in [-0.3, -0.25) is 0 Å². The van der Waals surface area contributed by atoms with E-state index in [1.807, 2.05) is 54.6 Å². The van der Waals surface area contributed by atoms with Gasteiger partial charge in [-0.15, -0.1) is 0 Å². The van der Waals surface area contributed by atoms with Crippen molar-refractivity contribution in [2.75, 3.05) is 7.11 Å². The molecule has 28 heavy (non-hydrogen) atoms. The van der Waals surface area contributed by atoms with Gasteiger partial charge in [-0.2, -0.15) is 0 Å². The standard InChI is InChI=1S/C23H18ClNO2S/c1-27-23(26)17-8-5-9-19(12-17)28-22-15-25(14-16-6-3-2-4-7-16)21-13-18(24)10-11-20(21)22/h2-13,15H,14H2,1H3. The van der Waals surface area contributed by atoms with E-state index in [0.29, 0.717) is 10.6 Å². The summed E-state index contributed by atoms with van der Waals surface area (Å²) in [4.78, 5) is 13.9. The summed E-state index contributed by atoms with van der Waals surface area (Å²) in [6.45, 7) is 0.764. The highest BCUT2D eigenvalue weighted by Crippen LogP contribution is 2.36. The first-order valence-corrected chi connectivity index (χ1v) is 10.0. The summed E-state index contributed by atoms with van der Waals surface area (Å²) in [6, 6.07) is 23.8. The second-order valence-electron chi connectivity index (χ2n) is 6.39. The Morgan fingerprint density at radius 3 is 2.64 bits per heavy atom. The van der Waals surface area contributed by atoms with Crippen molar-refractivity contribution in [1.29, 1.82) is 0 Å². The molecule has 0 saturated heterocycles. The lowest BCUT2D eigenvalue weighted by molar-refractivity contribution is 0.0600. The predicted molar refractivity (Wildman–Crippen MR) is 114 cm³/mol. The Morgan fingerprint density at radius 1 is 1.04 bits per heavy atom. The number of nitrogens with zero attached hydrogens (tertiary/aromatic N) is 1. The molecular weight excluding hydrogens is 390 g/mol. The van der Waals surface area contributed by atoms with Gasteiger partial charge in [-0.05, 0) is 35.9 Å². The molecule has 0 aliphatic rings. The molecule has 0 aliphatic heterocycles. The highest BCUT2D eigenvalue weighted by Gasteiger charge is 2.12. The van der Waals surface area contributed by atoms with Gasteiger partial charge in [-0.1, -0.05) is 65.8 Å². The number of ether oxygens (including phenoxy) is 1. The molecule has 0 radical (unpaired) electrons. The Hall–Kier alpha value is -2.69. The molecule has 0 N–H and O–H groups in total.